The maximum absolute atomic E-state index is 13.5. The van der Waals surface area contributed by atoms with Crippen molar-refractivity contribution in [1.29, 1.82) is 0 Å². The summed E-state index contributed by atoms with van der Waals surface area (Å²) < 4.78 is 29.1. The Hall–Kier alpha value is -3.72. The first-order valence-corrected chi connectivity index (χ1v) is 9.44. The fourth-order valence-corrected chi connectivity index (χ4v) is 3.49. The van der Waals surface area contributed by atoms with E-state index in [2.05, 4.69) is 11.8 Å². The van der Waals surface area contributed by atoms with Gasteiger partial charge in [0, 0.05) is 31.2 Å². The van der Waals surface area contributed by atoms with Crippen molar-refractivity contribution in [1.82, 2.24) is 9.13 Å². The predicted molar refractivity (Wildman–Crippen MR) is 111 cm³/mol. The number of benzene rings is 2. The van der Waals surface area contributed by atoms with Crippen LogP contribution in [-0.2, 0) is 26.4 Å². The van der Waals surface area contributed by atoms with Crippen molar-refractivity contribution in [2.45, 2.75) is 19.4 Å². The summed E-state index contributed by atoms with van der Waals surface area (Å²) in [5.41, 5.74) is 2.24. The van der Waals surface area contributed by atoms with E-state index >= 15 is 0 Å². The molecule has 0 unspecified atom stereocenters. The van der Waals surface area contributed by atoms with Crippen LogP contribution in [0.3, 0.4) is 0 Å². The molecule has 1 aliphatic rings. The van der Waals surface area contributed by atoms with Gasteiger partial charge in [-0.25, -0.2) is 13.6 Å². The number of nitrogens with zero attached hydrogens (tertiary/aromatic N) is 2. The molecule has 0 spiro atoms. The molecular formula is C24H18F2N2O2. The average Bonchev–Trinajstić information content (AvgIpc) is 3.17. The molecule has 0 atom stereocenters. The lowest BCUT2D eigenvalue weighted by atomic mass is 10.1. The van der Waals surface area contributed by atoms with E-state index in [1.807, 2.05) is 30.3 Å². The van der Waals surface area contributed by atoms with Gasteiger partial charge in [0.2, 0.25) is 0 Å². The van der Waals surface area contributed by atoms with Crippen LogP contribution in [-0.4, -0.2) is 9.13 Å². The normalized spacial score (nSPS) is 12.2. The van der Waals surface area contributed by atoms with E-state index in [4.69, 9.17) is 0 Å². The van der Waals surface area contributed by atoms with Gasteiger partial charge >= 0.3 is 5.69 Å². The molecule has 0 saturated heterocycles. The van der Waals surface area contributed by atoms with E-state index in [0.29, 0.717) is 29.7 Å². The summed E-state index contributed by atoms with van der Waals surface area (Å²) >= 11 is 0. The monoisotopic (exact) mass is 404 g/mol. The third-order valence-electron chi connectivity index (χ3n) is 5.09. The van der Waals surface area contributed by atoms with Gasteiger partial charge in [-0.1, -0.05) is 48.2 Å². The molecule has 0 fully saturated rings. The zero-order chi connectivity index (χ0) is 21.3. The summed E-state index contributed by atoms with van der Waals surface area (Å²) in [4.78, 5) is 25.6. The molecule has 0 bridgehead atoms. The van der Waals surface area contributed by atoms with Crippen LogP contribution in [0.5, 0.6) is 0 Å². The minimum absolute atomic E-state index is 0.140. The summed E-state index contributed by atoms with van der Waals surface area (Å²) in [6.07, 6.45) is 2.70. The van der Waals surface area contributed by atoms with Gasteiger partial charge in [-0.2, -0.15) is 0 Å². The molecule has 0 amide bonds. The Morgan fingerprint density at radius 3 is 2.50 bits per heavy atom. The van der Waals surface area contributed by atoms with Crippen molar-refractivity contribution in [2.24, 2.45) is 7.05 Å². The third kappa shape index (κ3) is 3.74. The topological polar surface area (TPSA) is 44.0 Å². The number of rotatable bonds is 3. The van der Waals surface area contributed by atoms with E-state index in [1.54, 1.807) is 13.1 Å². The lowest BCUT2D eigenvalue weighted by molar-refractivity contribution is 0.505. The largest absolute Gasteiger partial charge is 0.331 e. The van der Waals surface area contributed by atoms with Crippen molar-refractivity contribution >= 4 is 6.08 Å². The second kappa shape index (κ2) is 7.96. The second-order valence-electron chi connectivity index (χ2n) is 7.15. The Bertz CT molecular complexity index is 1340. The van der Waals surface area contributed by atoms with Crippen molar-refractivity contribution in [3.05, 3.63) is 109 Å². The quantitative estimate of drug-likeness (QED) is 0.630. The molecule has 0 N–H and O–H groups in total. The number of fused-ring (bicyclic) bond motifs is 1. The predicted octanol–water partition coefficient (Wildman–Crippen LogP) is 3.06. The van der Waals surface area contributed by atoms with Gasteiger partial charge in [-0.3, -0.25) is 13.9 Å². The Morgan fingerprint density at radius 1 is 1.00 bits per heavy atom. The highest BCUT2D eigenvalue weighted by Gasteiger charge is 2.21. The molecule has 30 heavy (non-hydrogen) atoms. The Labute approximate surface area is 171 Å². The summed E-state index contributed by atoms with van der Waals surface area (Å²) in [5.74, 6) is 4.20. The van der Waals surface area contributed by atoms with Gasteiger partial charge in [0.15, 0.2) is 11.6 Å². The minimum atomic E-state index is -1.02. The van der Waals surface area contributed by atoms with Crippen molar-refractivity contribution in [3.63, 3.8) is 0 Å². The highest BCUT2D eigenvalue weighted by atomic mass is 19.2. The molecule has 1 heterocycles. The molecule has 4 rings (SSSR count). The molecule has 0 aliphatic heterocycles. The van der Waals surface area contributed by atoms with Crippen LogP contribution in [0.2, 0.25) is 0 Å². The third-order valence-corrected chi connectivity index (χ3v) is 5.09. The number of aromatic nitrogens is 2. The second-order valence-corrected chi connectivity index (χ2v) is 7.15. The first-order valence-electron chi connectivity index (χ1n) is 9.44. The van der Waals surface area contributed by atoms with Crippen LogP contribution in [0.1, 0.15) is 22.4 Å². The van der Waals surface area contributed by atoms with Crippen LogP contribution < -0.4 is 11.2 Å². The van der Waals surface area contributed by atoms with Gasteiger partial charge in [-0.05, 0) is 29.3 Å². The fraction of sp³-hybridized carbons (Fsp3) is 0.167. The molecule has 2 aromatic carbocycles. The maximum Gasteiger partial charge on any atom is 0.331 e. The SMILES string of the molecule is Cn1c2c(c(=O)n(Cc3ccc(F)c(F)c3)c1=O)C=C(C#CCc1ccccc1)C2. The highest BCUT2D eigenvalue weighted by molar-refractivity contribution is 5.66. The Morgan fingerprint density at radius 2 is 1.77 bits per heavy atom. The minimum Gasteiger partial charge on any atom is -0.300 e. The van der Waals surface area contributed by atoms with Crippen molar-refractivity contribution < 1.29 is 8.78 Å². The number of hydrogen-bond donors (Lipinski definition) is 0. The standard InChI is InChI=1S/C24H18F2N2O2/c1-27-22-14-17(9-5-8-16-6-3-2-4-7-16)12-19(22)23(29)28(24(27)30)15-18-10-11-20(25)21(26)13-18/h2-4,6-7,10-13H,8,14-15H2,1H3. The van der Waals surface area contributed by atoms with Gasteiger partial charge in [-0.15, -0.1) is 0 Å². The summed E-state index contributed by atoms with van der Waals surface area (Å²) in [7, 11) is 1.59. The number of hydrogen-bond acceptors (Lipinski definition) is 2. The molecule has 1 aromatic heterocycles. The lowest BCUT2D eigenvalue weighted by Gasteiger charge is -2.12. The summed E-state index contributed by atoms with van der Waals surface area (Å²) in [5, 5.41) is 0. The molecule has 0 saturated carbocycles. The van der Waals surface area contributed by atoms with Crippen LogP contribution in [0.25, 0.3) is 6.08 Å². The average molecular weight is 404 g/mol. The first kappa shape index (κ1) is 19.6. The van der Waals surface area contributed by atoms with Crippen LogP contribution in [0.4, 0.5) is 8.78 Å². The summed E-state index contributed by atoms with van der Waals surface area (Å²) in [6, 6.07) is 13.2. The van der Waals surface area contributed by atoms with Gasteiger partial charge in [0.25, 0.3) is 5.56 Å². The Balaban J connectivity index is 1.65. The van der Waals surface area contributed by atoms with E-state index in [0.717, 1.165) is 27.8 Å². The zero-order valence-corrected chi connectivity index (χ0v) is 16.3. The Kier molecular flexibility index (Phi) is 5.20. The van der Waals surface area contributed by atoms with E-state index in [9.17, 15) is 18.4 Å². The molecule has 1 aliphatic carbocycles. The van der Waals surface area contributed by atoms with Crippen LogP contribution >= 0.6 is 0 Å². The fourth-order valence-electron chi connectivity index (χ4n) is 3.49. The number of allylic oxidation sites excluding steroid dienone is 1. The number of halogens is 2. The molecule has 6 heteroatoms. The highest BCUT2D eigenvalue weighted by Crippen LogP contribution is 2.20. The molecule has 4 nitrogen and oxygen atoms in total. The molecular weight excluding hydrogens is 386 g/mol. The van der Waals surface area contributed by atoms with E-state index < -0.39 is 22.9 Å². The van der Waals surface area contributed by atoms with Gasteiger partial charge in [0.1, 0.15) is 0 Å². The van der Waals surface area contributed by atoms with E-state index in [1.165, 1.54) is 10.6 Å². The summed E-state index contributed by atoms with van der Waals surface area (Å²) in [6.45, 7) is -0.140. The van der Waals surface area contributed by atoms with Gasteiger partial charge < -0.3 is 0 Å². The molecule has 3 aromatic rings. The zero-order valence-electron chi connectivity index (χ0n) is 16.3. The van der Waals surface area contributed by atoms with E-state index in [-0.39, 0.29) is 6.54 Å². The maximum atomic E-state index is 13.5. The molecule has 150 valence electrons. The molecule has 0 radical (unpaired) electrons. The van der Waals surface area contributed by atoms with Crippen LogP contribution in [0, 0.1) is 23.5 Å². The lowest BCUT2D eigenvalue weighted by Crippen LogP contribution is -2.41. The smallest absolute Gasteiger partial charge is 0.300 e. The van der Waals surface area contributed by atoms with Crippen molar-refractivity contribution in [3.8, 4) is 11.8 Å². The van der Waals surface area contributed by atoms with Crippen LogP contribution in [0.15, 0.2) is 63.7 Å². The first-order chi connectivity index (χ1) is 14.4. The van der Waals surface area contributed by atoms with Crippen molar-refractivity contribution in [2.75, 3.05) is 0 Å². The van der Waals surface area contributed by atoms with Gasteiger partial charge in [0.05, 0.1) is 12.1 Å².